The Labute approximate surface area is 233 Å². The smallest absolute Gasteiger partial charge is 0.277 e. The van der Waals surface area contributed by atoms with E-state index in [9.17, 15) is 9.59 Å². The van der Waals surface area contributed by atoms with E-state index < -0.39 is 5.54 Å². The largest absolute Gasteiger partial charge is 0.497 e. The standard InChI is InChI=1S/C31H32N4O5/c1-20-10-15-28(40-5)25(16-20)35-29(36)26-17-24(21-11-13-23(38-3)14-12-21)33-34(26)19-31(35,2)30(37)32-18-22-8-6-7-9-27(22)39-4/h6-17H,18-19H2,1-5H3,(H,32,37)/t31-/m0/s1. The van der Waals surface area contributed by atoms with E-state index in [0.29, 0.717) is 28.6 Å². The number of fused-ring (bicyclic) bond motifs is 1. The summed E-state index contributed by atoms with van der Waals surface area (Å²) in [6, 6.07) is 22.3. The Kier molecular flexibility index (Phi) is 7.21. The second-order valence-corrected chi connectivity index (χ2v) is 9.89. The highest BCUT2D eigenvalue weighted by Gasteiger charge is 2.49. The van der Waals surface area contributed by atoms with Gasteiger partial charge in [0.1, 0.15) is 28.5 Å². The molecule has 3 aromatic carbocycles. The third-order valence-corrected chi connectivity index (χ3v) is 7.24. The highest BCUT2D eigenvalue weighted by atomic mass is 16.5. The number of nitrogens with one attached hydrogen (secondary N) is 1. The van der Waals surface area contributed by atoms with Gasteiger partial charge in [0.05, 0.1) is 39.3 Å². The normalized spacial score (nSPS) is 16.3. The highest BCUT2D eigenvalue weighted by molar-refractivity contribution is 6.12. The van der Waals surface area contributed by atoms with Crippen LogP contribution < -0.4 is 24.4 Å². The Morgan fingerprint density at radius 1 is 0.950 bits per heavy atom. The first-order chi connectivity index (χ1) is 19.3. The molecule has 5 rings (SSSR count). The van der Waals surface area contributed by atoms with E-state index in [-0.39, 0.29) is 24.9 Å². The number of anilines is 1. The first-order valence-electron chi connectivity index (χ1n) is 12.9. The van der Waals surface area contributed by atoms with E-state index in [4.69, 9.17) is 19.3 Å². The molecule has 2 heterocycles. The van der Waals surface area contributed by atoms with Crippen molar-refractivity contribution in [2.24, 2.45) is 0 Å². The Hall–Kier alpha value is -4.79. The Bertz CT molecular complexity index is 1560. The molecule has 0 bridgehead atoms. The Balaban J connectivity index is 1.57. The Morgan fingerprint density at radius 3 is 2.38 bits per heavy atom. The van der Waals surface area contributed by atoms with E-state index in [0.717, 1.165) is 22.4 Å². The number of rotatable bonds is 8. The molecule has 0 fully saturated rings. The van der Waals surface area contributed by atoms with Crippen molar-refractivity contribution in [3.63, 3.8) is 0 Å². The molecule has 4 aromatic rings. The average molecular weight is 541 g/mol. The van der Waals surface area contributed by atoms with Crippen LogP contribution in [-0.4, -0.2) is 48.5 Å². The third kappa shape index (κ3) is 4.75. The molecule has 9 heteroatoms. The summed E-state index contributed by atoms with van der Waals surface area (Å²) in [6.07, 6.45) is 0. The molecule has 0 saturated carbocycles. The quantitative estimate of drug-likeness (QED) is 0.351. The lowest BCUT2D eigenvalue weighted by atomic mass is 9.93. The van der Waals surface area contributed by atoms with E-state index in [2.05, 4.69) is 5.32 Å². The first-order valence-corrected chi connectivity index (χ1v) is 12.9. The van der Waals surface area contributed by atoms with Gasteiger partial charge >= 0.3 is 0 Å². The summed E-state index contributed by atoms with van der Waals surface area (Å²) in [5.41, 5.74) is 2.78. The number of amides is 2. The fraction of sp³-hybridized carbons (Fsp3) is 0.258. The zero-order chi connectivity index (χ0) is 28.4. The molecular weight excluding hydrogens is 508 g/mol. The van der Waals surface area contributed by atoms with Crippen LogP contribution in [0.1, 0.15) is 28.5 Å². The second-order valence-electron chi connectivity index (χ2n) is 9.89. The van der Waals surface area contributed by atoms with Crippen molar-refractivity contribution in [2.45, 2.75) is 32.5 Å². The minimum Gasteiger partial charge on any atom is -0.497 e. The van der Waals surface area contributed by atoms with Gasteiger partial charge in [0.25, 0.3) is 5.91 Å². The number of hydrogen-bond donors (Lipinski definition) is 1. The fourth-order valence-corrected chi connectivity index (χ4v) is 5.05. The van der Waals surface area contributed by atoms with Gasteiger partial charge < -0.3 is 19.5 Å². The molecule has 40 heavy (non-hydrogen) atoms. The number of benzene rings is 3. The average Bonchev–Trinajstić information content (AvgIpc) is 3.40. The second kappa shape index (κ2) is 10.8. The molecule has 9 nitrogen and oxygen atoms in total. The van der Waals surface area contributed by atoms with Crippen molar-refractivity contribution < 1.29 is 23.8 Å². The maximum Gasteiger partial charge on any atom is 0.277 e. The molecular formula is C31H32N4O5. The number of ether oxygens (including phenoxy) is 3. The predicted octanol–water partition coefficient (Wildman–Crippen LogP) is 4.62. The summed E-state index contributed by atoms with van der Waals surface area (Å²) < 4.78 is 18.0. The van der Waals surface area contributed by atoms with E-state index >= 15 is 0 Å². The molecule has 206 valence electrons. The van der Waals surface area contributed by atoms with Crippen molar-refractivity contribution in [1.29, 1.82) is 0 Å². The summed E-state index contributed by atoms with van der Waals surface area (Å²) in [5, 5.41) is 7.77. The van der Waals surface area contributed by atoms with Crippen LogP contribution in [0.15, 0.2) is 72.8 Å². The molecule has 1 N–H and O–H groups in total. The summed E-state index contributed by atoms with van der Waals surface area (Å²) >= 11 is 0. The minimum atomic E-state index is -1.32. The number of methoxy groups -OCH3 is 3. The molecule has 0 aliphatic carbocycles. The number of aryl methyl sites for hydroxylation is 1. The number of aromatic nitrogens is 2. The molecule has 0 radical (unpaired) electrons. The maximum atomic E-state index is 14.2. The third-order valence-electron chi connectivity index (χ3n) is 7.24. The van der Waals surface area contributed by atoms with E-state index in [1.807, 2.05) is 67.6 Å². The monoisotopic (exact) mass is 540 g/mol. The van der Waals surface area contributed by atoms with Gasteiger partial charge in [-0.1, -0.05) is 24.3 Å². The van der Waals surface area contributed by atoms with E-state index in [1.54, 1.807) is 45.1 Å². The Morgan fingerprint density at radius 2 is 1.68 bits per heavy atom. The molecule has 1 atom stereocenters. The van der Waals surface area contributed by atoms with Gasteiger partial charge in [-0.15, -0.1) is 0 Å². The van der Waals surface area contributed by atoms with Gasteiger partial charge in [-0.2, -0.15) is 5.10 Å². The van der Waals surface area contributed by atoms with Crippen LogP contribution in [0.2, 0.25) is 0 Å². The van der Waals surface area contributed by atoms with Crippen LogP contribution in [0.5, 0.6) is 17.2 Å². The van der Waals surface area contributed by atoms with Gasteiger partial charge in [-0.25, -0.2) is 0 Å². The summed E-state index contributed by atoms with van der Waals surface area (Å²) in [5.74, 6) is 1.20. The first kappa shape index (κ1) is 26.8. The van der Waals surface area contributed by atoms with Gasteiger partial charge in [-0.05, 0) is 67.9 Å². The molecule has 0 saturated heterocycles. The van der Waals surface area contributed by atoms with Crippen LogP contribution in [0.25, 0.3) is 11.3 Å². The van der Waals surface area contributed by atoms with Gasteiger partial charge in [0, 0.05) is 17.7 Å². The summed E-state index contributed by atoms with van der Waals surface area (Å²) in [6.45, 7) is 4.05. The minimum absolute atomic E-state index is 0.138. The SMILES string of the molecule is COc1ccc(-c2cc3n(n2)C[C@@](C)(C(=O)NCc2ccccc2OC)N(c2cc(C)ccc2OC)C3=O)cc1. The molecule has 1 aromatic heterocycles. The van der Waals surface area contributed by atoms with Crippen LogP contribution in [0.4, 0.5) is 5.69 Å². The molecule has 1 aliphatic heterocycles. The van der Waals surface area contributed by atoms with Gasteiger partial charge in [0.15, 0.2) is 0 Å². The predicted molar refractivity (Wildman–Crippen MR) is 152 cm³/mol. The van der Waals surface area contributed by atoms with Crippen molar-refractivity contribution >= 4 is 17.5 Å². The lowest BCUT2D eigenvalue weighted by Gasteiger charge is -2.43. The number of carbonyl (C=O) groups is 2. The lowest BCUT2D eigenvalue weighted by Crippen LogP contribution is -2.64. The number of hydrogen-bond acceptors (Lipinski definition) is 6. The van der Waals surface area contributed by atoms with Crippen molar-refractivity contribution in [2.75, 3.05) is 26.2 Å². The molecule has 0 spiro atoms. The molecule has 1 aliphatic rings. The molecule has 2 amide bonds. The molecule has 0 unspecified atom stereocenters. The lowest BCUT2D eigenvalue weighted by molar-refractivity contribution is -0.126. The topological polar surface area (TPSA) is 94.9 Å². The maximum absolute atomic E-state index is 14.2. The zero-order valence-corrected chi connectivity index (χ0v) is 23.2. The number of carbonyl (C=O) groups excluding carboxylic acids is 2. The van der Waals surface area contributed by atoms with Crippen molar-refractivity contribution in [3.8, 4) is 28.5 Å². The fourth-order valence-electron chi connectivity index (χ4n) is 5.05. The van der Waals surface area contributed by atoms with Crippen LogP contribution in [-0.2, 0) is 17.9 Å². The zero-order valence-electron chi connectivity index (χ0n) is 23.2. The number of nitrogens with zero attached hydrogens (tertiary/aromatic N) is 3. The van der Waals surface area contributed by atoms with Gasteiger partial charge in [-0.3, -0.25) is 19.2 Å². The van der Waals surface area contributed by atoms with Crippen molar-refractivity contribution in [1.82, 2.24) is 15.1 Å². The summed E-state index contributed by atoms with van der Waals surface area (Å²) in [4.78, 5) is 29.8. The van der Waals surface area contributed by atoms with E-state index in [1.165, 1.54) is 4.90 Å². The van der Waals surface area contributed by atoms with Crippen molar-refractivity contribution in [3.05, 3.63) is 89.6 Å². The highest BCUT2D eigenvalue weighted by Crippen LogP contribution is 2.39. The number of para-hydroxylation sites is 1. The van der Waals surface area contributed by atoms with Crippen LogP contribution in [0.3, 0.4) is 0 Å². The van der Waals surface area contributed by atoms with Crippen LogP contribution in [0, 0.1) is 6.92 Å². The van der Waals surface area contributed by atoms with Gasteiger partial charge in [0.2, 0.25) is 5.91 Å². The summed E-state index contributed by atoms with van der Waals surface area (Å²) in [7, 11) is 4.75. The van der Waals surface area contributed by atoms with Crippen LogP contribution >= 0.6 is 0 Å².